The number of carbonyl (C=O) groups excluding carboxylic acids is 2. The van der Waals surface area contributed by atoms with Gasteiger partial charge in [0.25, 0.3) is 5.91 Å². The monoisotopic (exact) mass is 354 g/mol. The molecule has 0 bridgehead atoms. The maximum Gasteiger partial charge on any atom is 0.263 e. The number of hydrogen-bond acceptors (Lipinski definition) is 4. The minimum absolute atomic E-state index is 0.0319. The SMILES string of the molecule is O=C1CCc2cc(OCC(=O)Nc3ccnn3C3CCCC3)ccc2N1. The summed E-state index contributed by atoms with van der Waals surface area (Å²) in [5.41, 5.74) is 1.85. The van der Waals surface area contributed by atoms with Crippen LogP contribution in [0.5, 0.6) is 5.75 Å². The van der Waals surface area contributed by atoms with Crippen LogP contribution in [0.15, 0.2) is 30.5 Å². The second kappa shape index (κ2) is 7.19. The molecule has 136 valence electrons. The van der Waals surface area contributed by atoms with E-state index in [1.165, 1.54) is 12.8 Å². The molecule has 0 spiro atoms. The Bertz CT molecular complexity index is 824. The Labute approximate surface area is 151 Å². The summed E-state index contributed by atoms with van der Waals surface area (Å²) in [4.78, 5) is 23.6. The normalized spacial score (nSPS) is 16.8. The number of carbonyl (C=O) groups is 2. The largest absolute Gasteiger partial charge is 0.484 e. The second-order valence-electron chi connectivity index (χ2n) is 6.80. The fourth-order valence-corrected chi connectivity index (χ4v) is 3.63. The molecule has 1 fully saturated rings. The number of rotatable bonds is 5. The van der Waals surface area contributed by atoms with Crippen molar-refractivity contribution >= 4 is 23.3 Å². The third-order valence-corrected chi connectivity index (χ3v) is 4.95. The van der Waals surface area contributed by atoms with Crippen molar-refractivity contribution in [3.63, 3.8) is 0 Å². The first-order chi connectivity index (χ1) is 12.7. The molecule has 4 rings (SSSR count). The van der Waals surface area contributed by atoms with Crippen molar-refractivity contribution in [2.45, 2.75) is 44.6 Å². The third-order valence-electron chi connectivity index (χ3n) is 4.95. The van der Waals surface area contributed by atoms with Crippen molar-refractivity contribution in [2.24, 2.45) is 0 Å². The van der Waals surface area contributed by atoms with Gasteiger partial charge in [0.1, 0.15) is 11.6 Å². The molecule has 2 aromatic rings. The lowest BCUT2D eigenvalue weighted by atomic mass is 10.0. The maximum absolute atomic E-state index is 12.2. The van der Waals surface area contributed by atoms with Crippen LogP contribution in [0.3, 0.4) is 0 Å². The standard InChI is InChI=1S/C19H22N4O3/c24-18-8-5-13-11-15(6-7-16(13)21-18)26-12-19(25)22-17-9-10-20-23(17)14-3-1-2-4-14/h6-7,9-11,14H,1-5,8,12H2,(H,21,24)(H,22,25). The molecule has 0 unspecified atom stereocenters. The van der Waals surface area contributed by atoms with Crippen molar-refractivity contribution in [3.8, 4) is 5.75 Å². The van der Waals surface area contributed by atoms with Gasteiger partial charge in [0.05, 0.1) is 12.2 Å². The van der Waals surface area contributed by atoms with Crippen LogP contribution in [0, 0.1) is 0 Å². The van der Waals surface area contributed by atoms with Crippen LogP contribution in [-0.2, 0) is 16.0 Å². The van der Waals surface area contributed by atoms with Crippen molar-refractivity contribution in [1.82, 2.24) is 9.78 Å². The lowest BCUT2D eigenvalue weighted by molar-refractivity contribution is -0.118. The highest BCUT2D eigenvalue weighted by Gasteiger charge is 2.20. The molecule has 7 nitrogen and oxygen atoms in total. The first-order valence-corrected chi connectivity index (χ1v) is 9.08. The highest BCUT2D eigenvalue weighted by atomic mass is 16.5. The summed E-state index contributed by atoms with van der Waals surface area (Å²) >= 11 is 0. The zero-order valence-corrected chi connectivity index (χ0v) is 14.5. The molecule has 2 amide bonds. The molecule has 0 atom stereocenters. The molecule has 1 aromatic heterocycles. The minimum atomic E-state index is -0.212. The Morgan fingerprint density at radius 3 is 2.96 bits per heavy atom. The lowest BCUT2D eigenvalue weighted by Crippen LogP contribution is -2.23. The molecule has 1 aliphatic heterocycles. The Hall–Kier alpha value is -2.83. The van der Waals surface area contributed by atoms with Gasteiger partial charge in [-0.1, -0.05) is 12.8 Å². The molecular formula is C19H22N4O3. The van der Waals surface area contributed by atoms with Gasteiger partial charge in [-0.25, -0.2) is 4.68 Å². The average Bonchev–Trinajstić information content (AvgIpc) is 3.31. The van der Waals surface area contributed by atoms with Crippen LogP contribution in [0.2, 0.25) is 0 Å². The van der Waals surface area contributed by atoms with Crippen LogP contribution in [0.25, 0.3) is 0 Å². The Morgan fingerprint density at radius 1 is 1.27 bits per heavy atom. The van der Waals surface area contributed by atoms with Crippen molar-refractivity contribution in [2.75, 3.05) is 17.2 Å². The van der Waals surface area contributed by atoms with Crippen molar-refractivity contribution in [3.05, 3.63) is 36.0 Å². The van der Waals surface area contributed by atoms with E-state index in [1.54, 1.807) is 12.3 Å². The summed E-state index contributed by atoms with van der Waals surface area (Å²) < 4.78 is 7.53. The number of anilines is 2. The highest BCUT2D eigenvalue weighted by Crippen LogP contribution is 2.31. The lowest BCUT2D eigenvalue weighted by Gasteiger charge is -2.18. The number of nitrogens with one attached hydrogen (secondary N) is 2. The van der Waals surface area contributed by atoms with E-state index >= 15 is 0 Å². The minimum Gasteiger partial charge on any atom is -0.484 e. The number of fused-ring (bicyclic) bond motifs is 1. The van der Waals surface area contributed by atoms with E-state index in [-0.39, 0.29) is 18.4 Å². The van der Waals surface area contributed by atoms with Gasteiger partial charge in [-0.05, 0) is 43.0 Å². The molecule has 0 radical (unpaired) electrons. The van der Waals surface area contributed by atoms with E-state index < -0.39 is 0 Å². The van der Waals surface area contributed by atoms with Crippen molar-refractivity contribution < 1.29 is 14.3 Å². The van der Waals surface area contributed by atoms with E-state index in [4.69, 9.17) is 4.74 Å². The summed E-state index contributed by atoms with van der Waals surface area (Å²) in [6.45, 7) is -0.0685. The molecule has 2 N–H and O–H groups in total. The number of ether oxygens (including phenoxy) is 1. The van der Waals surface area contributed by atoms with Gasteiger partial charge in [0.2, 0.25) is 5.91 Å². The molecule has 1 saturated carbocycles. The predicted molar refractivity (Wildman–Crippen MR) is 97.2 cm³/mol. The third kappa shape index (κ3) is 3.56. The summed E-state index contributed by atoms with van der Waals surface area (Å²) in [6, 6.07) is 7.65. The fourth-order valence-electron chi connectivity index (χ4n) is 3.63. The summed E-state index contributed by atoms with van der Waals surface area (Å²) in [6.07, 6.45) is 7.50. The van der Waals surface area contributed by atoms with Crippen LogP contribution >= 0.6 is 0 Å². The first-order valence-electron chi connectivity index (χ1n) is 9.08. The quantitative estimate of drug-likeness (QED) is 0.864. The molecule has 26 heavy (non-hydrogen) atoms. The summed E-state index contributed by atoms with van der Waals surface area (Å²) in [5.74, 6) is 1.16. The van der Waals surface area contributed by atoms with Gasteiger partial charge in [-0.15, -0.1) is 0 Å². The average molecular weight is 354 g/mol. The molecule has 1 aromatic carbocycles. The smallest absolute Gasteiger partial charge is 0.263 e. The number of amides is 2. The molecule has 2 heterocycles. The van der Waals surface area contributed by atoms with E-state index in [1.807, 2.05) is 22.9 Å². The van der Waals surface area contributed by atoms with Gasteiger partial charge in [-0.3, -0.25) is 9.59 Å². The Balaban J connectivity index is 1.35. The molecule has 2 aliphatic rings. The van der Waals surface area contributed by atoms with Gasteiger partial charge < -0.3 is 15.4 Å². The van der Waals surface area contributed by atoms with Gasteiger partial charge in [0, 0.05) is 18.2 Å². The van der Waals surface area contributed by atoms with Crippen LogP contribution in [0.1, 0.15) is 43.7 Å². The number of nitrogens with zero attached hydrogens (tertiary/aromatic N) is 2. The van der Waals surface area contributed by atoms with Crippen LogP contribution < -0.4 is 15.4 Å². The maximum atomic E-state index is 12.2. The van der Waals surface area contributed by atoms with E-state index in [9.17, 15) is 9.59 Å². The zero-order chi connectivity index (χ0) is 17.9. The van der Waals surface area contributed by atoms with Gasteiger partial charge in [0.15, 0.2) is 6.61 Å². The molecule has 0 saturated heterocycles. The Morgan fingerprint density at radius 2 is 2.12 bits per heavy atom. The number of benzene rings is 1. The molecule has 1 aliphatic carbocycles. The predicted octanol–water partition coefficient (Wildman–Crippen LogP) is 2.90. The van der Waals surface area contributed by atoms with Crippen LogP contribution in [0.4, 0.5) is 11.5 Å². The van der Waals surface area contributed by atoms with Crippen molar-refractivity contribution in [1.29, 1.82) is 0 Å². The van der Waals surface area contributed by atoms with E-state index in [2.05, 4.69) is 15.7 Å². The van der Waals surface area contributed by atoms with E-state index in [0.29, 0.717) is 24.6 Å². The fraction of sp³-hybridized carbons (Fsp3) is 0.421. The number of hydrogen-bond donors (Lipinski definition) is 2. The summed E-state index contributed by atoms with van der Waals surface area (Å²) in [5, 5.41) is 10.1. The van der Waals surface area contributed by atoms with Crippen LogP contribution in [-0.4, -0.2) is 28.2 Å². The summed E-state index contributed by atoms with van der Waals surface area (Å²) in [7, 11) is 0. The second-order valence-corrected chi connectivity index (χ2v) is 6.80. The van der Waals surface area contributed by atoms with Gasteiger partial charge in [-0.2, -0.15) is 5.10 Å². The number of aromatic nitrogens is 2. The first kappa shape index (κ1) is 16.6. The highest BCUT2D eigenvalue weighted by molar-refractivity contribution is 5.94. The van der Waals surface area contributed by atoms with E-state index in [0.717, 1.165) is 29.9 Å². The topological polar surface area (TPSA) is 85.2 Å². The zero-order valence-electron chi connectivity index (χ0n) is 14.5. The molecular weight excluding hydrogens is 332 g/mol. The number of aryl methyl sites for hydroxylation is 1. The Kier molecular flexibility index (Phi) is 4.60. The molecule has 7 heteroatoms. The van der Waals surface area contributed by atoms with Gasteiger partial charge >= 0.3 is 0 Å².